The van der Waals surface area contributed by atoms with Gasteiger partial charge in [-0.1, -0.05) is 29.6 Å². The average Bonchev–Trinajstić information content (AvgIpc) is 3.20. The number of hydrogen-bond donors (Lipinski definition) is 0. The molecule has 0 N–H and O–H groups in total. The van der Waals surface area contributed by atoms with E-state index in [0.717, 1.165) is 56.2 Å². The number of benzene rings is 2. The number of hydrogen-bond acceptors (Lipinski definition) is 5. The molecule has 32 heavy (non-hydrogen) atoms. The van der Waals surface area contributed by atoms with Crippen LogP contribution in [0.2, 0.25) is 0 Å². The molecule has 0 radical (unpaired) electrons. The second-order valence-corrected chi connectivity index (χ2v) is 9.20. The minimum absolute atomic E-state index is 0.126. The van der Waals surface area contributed by atoms with Crippen molar-refractivity contribution in [2.24, 2.45) is 0 Å². The zero-order chi connectivity index (χ0) is 23.5. The molecule has 2 aromatic rings. The molecule has 0 aromatic heterocycles. The van der Waals surface area contributed by atoms with Crippen LogP contribution < -0.4 is 4.47 Å². The smallest absolute Gasteiger partial charge is 0.317 e. The summed E-state index contributed by atoms with van der Waals surface area (Å²) in [5.74, 6) is -3.43. The fraction of sp³-hybridized carbons (Fsp3) is 0.381. The first-order valence-corrected chi connectivity index (χ1v) is 11.4. The number of nitrogens with zero attached hydrogens (tertiary/aromatic N) is 2. The normalized spacial score (nSPS) is 17.3. The Bertz CT molecular complexity index is 1060. The summed E-state index contributed by atoms with van der Waals surface area (Å²) in [5, 5.41) is 0. The molecule has 0 aliphatic carbocycles. The van der Waals surface area contributed by atoms with Gasteiger partial charge in [0.25, 0.3) is 10.0 Å². The van der Waals surface area contributed by atoms with E-state index in [0.29, 0.717) is 6.07 Å². The van der Waals surface area contributed by atoms with Gasteiger partial charge >= 0.3 is 12.1 Å². The first-order valence-electron chi connectivity index (χ1n) is 9.94. The summed E-state index contributed by atoms with van der Waals surface area (Å²) in [4.78, 5) is 17.3. The third-order valence-electron chi connectivity index (χ3n) is 5.10. The largest absolute Gasteiger partial charge is 0.493 e. The first-order chi connectivity index (χ1) is 15.0. The van der Waals surface area contributed by atoms with Crippen LogP contribution in [0.25, 0.3) is 0 Å². The lowest BCUT2D eigenvalue weighted by atomic mass is 9.98. The Kier molecular flexibility index (Phi) is 7.09. The Balaban J connectivity index is 1.92. The minimum atomic E-state index is -5.43. The first kappa shape index (κ1) is 24.0. The molecule has 1 aliphatic rings. The van der Waals surface area contributed by atoms with Crippen LogP contribution in [0.15, 0.2) is 53.4 Å². The molecule has 0 spiro atoms. The molecule has 0 bridgehead atoms. The molecular weight excluding hydrogens is 452 g/mol. The maximum atomic E-state index is 13.6. The highest BCUT2D eigenvalue weighted by atomic mass is 32.2. The number of carbonyl (C=O) groups excluding carboxylic acids is 1. The molecule has 2 aromatic carbocycles. The van der Waals surface area contributed by atoms with E-state index in [4.69, 9.17) is 0 Å². The molecule has 0 saturated carbocycles. The number of likely N-dealkylation sites (tertiary alicyclic amines) is 1. The van der Waals surface area contributed by atoms with Gasteiger partial charge in [-0.05, 0) is 67.7 Å². The number of halogens is 4. The van der Waals surface area contributed by atoms with Crippen LogP contribution in [0.3, 0.4) is 0 Å². The molecule has 174 valence electrons. The summed E-state index contributed by atoms with van der Waals surface area (Å²) in [7, 11) is -4.84. The number of alkyl halides is 3. The van der Waals surface area contributed by atoms with Crippen molar-refractivity contribution < 1.29 is 35.6 Å². The van der Waals surface area contributed by atoms with Crippen LogP contribution in [0.1, 0.15) is 31.2 Å². The maximum absolute atomic E-state index is 13.6. The highest BCUT2D eigenvalue weighted by Gasteiger charge is 2.45. The van der Waals surface area contributed by atoms with Gasteiger partial charge in [0, 0.05) is 6.54 Å². The van der Waals surface area contributed by atoms with Crippen molar-refractivity contribution in [1.29, 1.82) is 0 Å². The van der Waals surface area contributed by atoms with Crippen molar-refractivity contribution >= 4 is 21.7 Å². The highest BCUT2D eigenvalue weighted by Crippen LogP contribution is 2.31. The van der Waals surface area contributed by atoms with Crippen LogP contribution in [0.4, 0.5) is 23.2 Å². The van der Waals surface area contributed by atoms with E-state index in [1.165, 1.54) is 12.1 Å². The Labute approximate surface area is 183 Å². The number of anilines is 1. The third kappa shape index (κ3) is 5.39. The van der Waals surface area contributed by atoms with Gasteiger partial charge in [0.1, 0.15) is 5.82 Å². The molecule has 1 heterocycles. The summed E-state index contributed by atoms with van der Waals surface area (Å²) in [6.07, 6.45) is -3.51. The number of rotatable bonds is 7. The second-order valence-electron chi connectivity index (χ2n) is 7.44. The molecule has 3 rings (SSSR count). The molecule has 6 nitrogen and oxygen atoms in total. The topological polar surface area (TPSA) is 66.9 Å². The van der Waals surface area contributed by atoms with Gasteiger partial charge in [0.15, 0.2) is 0 Å². The Morgan fingerprint density at radius 2 is 1.88 bits per heavy atom. The standard InChI is InChI=1S/C21H22F4N2O4S/c1-2-11-26-12-10-16(14-26)15-6-8-18(9-7-15)27(31-20(28)21(23,24)25)32(29,30)19-5-3-4-17(22)13-19/h3-9,13,16H,2,10-12,14H2,1H3/t16-/m1/s1. The van der Waals surface area contributed by atoms with Crippen LogP contribution in [0.5, 0.6) is 0 Å². The summed E-state index contributed by atoms with van der Waals surface area (Å²) in [6.45, 7) is 4.78. The fourth-order valence-electron chi connectivity index (χ4n) is 3.58. The van der Waals surface area contributed by atoms with Crippen LogP contribution >= 0.6 is 0 Å². The number of carbonyl (C=O) groups is 1. The van der Waals surface area contributed by atoms with E-state index in [-0.39, 0.29) is 16.1 Å². The lowest BCUT2D eigenvalue weighted by Gasteiger charge is -2.23. The molecule has 1 atom stereocenters. The molecule has 11 heteroatoms. The van der Waals surface area contributed by atoms with Gasteiger partial charge in [-0.2, -0.15) is 21.6 Å². The van der Waals surface area contributed by atoms with Crippen molar-refractivity contribution in [1.82, 2.24) is 4.90 Å². The number of sulfonamides is 1. The van der Waals surface area contributed by atoms with Crippen molar-refractivity contribution in [3.8, 4) is 0 Å². The van der Waals surface area contributed by atoms with E-state index in [1.807, 2.05) is 0 Å². The van der Waals surface area contributed by atoms with Crippen LogP contribution in [-0.2, 0) is 19.7 Å². The Morgan fingerprint density at radius 3 is 2.47 bits per heavy atom. The van der Waals surface area contributed by atoms with Gasteiger partial charge in [0.05, 0.1) is 10.6 Å². The van der Waals surface area contributed by atoms with Crippen LogP contribution in [0, 0.1) is 5.82 Å². The minimum Gasteiger partial charge on any atom is -0.317 e. The lowest BCUT2D eigenvalue weighted by molar-refractivity contribution is -0.199. The summed E-state index contributed by atoms with van der Waals surface area (Å²) >= 11 is 0. The van der Waals surface area contributed by atoms with Gasteiger partial charge < -0.3 is 9.74 Å². The molecule has 1 aliphatic heterocycles. The monoisotopic (exact) mass is 474 g/mol. The molecular formula is C21H22F4N2O4S. The van der Waals surface area contributed by atoms with Gasteiger partial charge in [-0.25, -0.2) is 9.18 Å². The fourth-order valence-corrected chi connectivity index (χ4v) is 4.85. The predicted molar refractivity (Wildman–Crippen MR) is 109 cm³/mol. The van der Waals surface area contributed by atoms with Gasteiger partial charge in [-0.15, -0.1) is 0 Å². The van der Waals surface area contributed by atoms with Crippen molar-refractivity contribution in [3.63, 3.8) is 0 Å². The van der Waals surface area contributed by atoms with Crippen molar-refractivity contribution in [3.05, 3.63) is 59.9 Å². The Morgan fingerprint density at radius 1 is 1.19 bits per heavy atom. The van der Waals surface area contributed by atoms with E-state index in [9.17, 15) is 30.8 Å². The zero-order valence-electron chi connectivity index (χ0n) is 17.2. The zero-order valence-corrected chi connectivity index (χ0v) is 18.0. The highest BCUT2D eigenvalue weighted by molar-refractivity contribution is 7.92. The van der Waals surface area contributed by atoms with Crippen molar-refractivity contribution in [2.75, 3.05) is 24.1 Å². The summed E-state index contributed by atoms with van der Waals surface area (Å²) < 4.78 is 77.6. The van der Waals surface area contributed by atoms with Gasteiger partial charge in [-0.3, -0.25) is 0 Å². The predicted octanol–water partition coefficient (Wildman–Crippen LogP) is 4.24. The quantitative estimate of drug-likeness (QED) is 0.444. The summed E-state index contributed by atoms with van der Waals surface area (Å²) in [6, 6.07) is 9.37. The SMILES string of the molecule is CCCN1CC[C@@H](c2ccc(N(OC(=O)C(F)(F)F)S(=O)(=O)c3cccc(F)c3)cc2)C1. The molecule has 1 fully saturated rings. The second kappa shape index (κ2) is 9.45. The van der Waals surface area contributed by atoms with Gasteiger partial charge in [0.2, 0.25) is 0 Å². The van der Waals surface area contributed by atoms with Crippen LogP contribution in [-0.4, -0.2) is 45.1 Å². The Hall–Kier alpha value is -2.66. The average molecular weight is 474 g/mol. The van der Waals surface area contributed by atoms with E-state index < -0.39 is 32.9 Å². The van der Waals surface area contributed by atoms with E-state index >= 15 is 0 Å². The lowest BCUT2D eigenvalue weighted by Crippen LogP contribution is -2.38. The molecule has 0 unspecified atom stereocenters. The van der Waals surface area contributed by atoms with E-state index in [1.54, 1.807) is 12.1 Å². The molecule has 1 saturated heterocycles. The third-order valence-corrected chi connectivity index (χ3v) is 6.67. The summed E-state index contributed by atoms with van der Waals surface area (Å²) in [5.41, 5.74) is 0.566. The molecule has 0 amide bonds. The van der Waals surface area contributed by atoms with E-state index in [2.05, 4.69) is 16.7 Å². The maximum Gasteiger partial charge on any atom is 0.493 e. The van der Waals surface area contributed by atoms with Crippen molar-refractivity contribution in [2.45, 2.75) is 36.8 Å².